The molecule has 1 heterocycles. The fourth-order valence-corrected chi connectivity index (χ4v) is 3.05. The summed E-state index contributed by atoms with van der Waals surface area (Å²) in [6, 6.07) is 0. The number of aldehydes is 1. The van der Waals surface area contributed by atoms with E-state index in [0.717, 1.165) is 32.1 Å². The minimum atomic E-state index is -0.115. The summed E-state index contributed by atoms with van der Waals surface area (Å²) in [5, 5.41) is 0. The molecule has 0 aliphatic carbocycles. The maximum absolute atomic E-state index is 11.6. The number of ether oxygens (including phenoxy) is 1. The van der Waals surface area contributed by atoms with Gasteiger partial charge in [-0.2, -0.15) is 0 Å². The van der Waals surface area contributed by atoms with Crippen molar-refractivity contribution in [2.75, 3.05) is 6.61 Å². The van der Waals surface area contributed by atoms with Gasteiger partial charge in [0.1, 0.15) is 6.29 Å². The summed E-state index contributed by atoms with van der Waals surface area (Å²) in [7, 11) is 0. The first-order valence-electron chi connectivity index (χ1n) is 8.32. The second-order valence-electron chi connectivity index (χ2n) is 6.56. The van der Waals surface area contributed by atoms with Crippen LogP contribution < -0.4 is 0 Å². The zero-order chi connectivity index (χ0) is 15.0. The summed E-state index contributed by atoms with van der Waals surface area (Å²) in [6.07, 6.45) is 10.2. The lowest BCUT2D eigenvalue weighted by Gasteiger charge is -2.33. The van der Waals surface area contributed by atoms with Crippen LogP contribution in [0.15, 0.2) is 12.2 Å². The van der Waals surface area contributed by atoms with Crippen molar-refractivity contribution in [1.29, 1.82) is 0 Å². The maximum atomic E-state index is 11.6. The first kappa shape index (κ1) is 17.4. The number of unbranched alkanes of at least 4 members (excludes halogenated alkanes) is 2. The predicted octanol–water partition coefficient (Wildman–Crippen LogP) is 4.92. The van der Waals surface area contributed by atoms with Gasteiger partial charge in [-0.05, 0) is 43.6 Å². The van der Waals surface area contributed by atoms with Crippen LogP contribution in [0.3, 0.4) is 0 Å². The highest BCUT2D eigenvalue weighted by molar-refractivity contribution is 5.59. The standard InChI is InChI=1S/C18H32O2/c1-5-7-8-10-18(6-2,14-19)11-9-17-12-15(3)16(4)13-20-17/h14-15,17H,4-13H2,1-3H3/t15-,17+,18?/m1/s1. The molecule has 1 rings (SSSR count). The first-order chi connectivity index (χ1) is 9.56. The van der Waals surface area contributed by atoms with E-state index < -0.39 is 0 Å². The molecule has 2 heteroatoms. The van der Waals surface area contributed by atoms with Gasteiger partial charge in [-0.3, -0.25) is 0 Å². The van der Waals surface area contributed by atoms with Crippen LogP contribution in [0.5, 0.6) is 0 Å². The number of hydrogen-bond donors (Lipinski definition) is 0. The summed E-state index contributed by atoms with van der Waals surface area (Å²) in [5.41, 5.74) is 1.09. The smallest absolute Gasteiger partial charge is 0.126 e. The summed E-state index contributed by atoms with van der Waals surface area (Å²) in [6.45, 7) is 11.3. The highest BCUT2D eigenvalue weighted by Crippen LogP contribution is 2.35. The Bertz CT molecular complexity index is 311. The fourth-order valence-electron chi connectivity index (χ4n) is 3.05. The van der Waals surface area contributed by atoms with Gasteiger partial charge in [-0.1, -0.05) is 46.6 Å². The normalized spacial score (nSPS) is 26.2. The highest BCUT2D eigenvalue weighted by atomic mass is 16.5. The predicted molar refractivity (Wildman–Crippen MR) is 84.8 cm³/mol. The Labute approximate surface area is 125 Å². The molecule has 1 fully saturated rings. The molecular formula is C18H32O2. The average molecular weight is 280 g/mol. The van der Waals surface area contributed by atoms with Crippen molar-refractivity contribution >= 4 is 6.29 Å². The minimum absolute atomic E-state index is 0.115. The van der Waals surface area contributed by atoms with Crippen LogP contribution in [-0.2, 0) is 9.53 Å². The number of carbonyl (C=O) groups is 1. The van der Waals surface area contributed by atoms with Gasteiger partial charge in [0.15, 0.2) is 0 Å². The van der Waals surface area contributed by atoms with Gasteiger partial charge in [-0.15, -0.1) is 0 Å². The van der Waals surface area contributed by atoms with Crippen LogP contribution in [0.1, 0.15) is 72.1 Å². The van der Waals surface area contributed by atoms with Crippen LogP contribution in [0.25, 0.3) is 0 Å². The maximum Gasteiger partial charge on any atom is 0.126 e. The van der Waals surface area contributed by atoms with Gasteiger partial charge in [0, 0.05) is 5.41 Å². The van der Waals surface area contributed by atoms with E-state index in [1.165, 1.54) is 31.1 Å². The van der Waals surface area contributed by atoms with Gasteiger partial charge >= 0.3 is 0 Å². The first-order valence-corrected chi connectivity index (χ1v) is 8.32. The molecule has 116 valence electrons. The second-order valence-corrected chi connectivity index (χ2v) is 6.56. The van der Waals surface area contributed by atoms with Crippen molar-refractivity contribution in [3.63, 3.8) is 0 Å². The Morgan fingerprint density at radius 3 is 2.65 bits per heavy atom. The van der Waals surface area contributed by atoms with Crippen molar-refractivity contribution < 1.29 is 9.53 Å². The van der Waals surface area contributed by atoms with E-state index in [1.807, 2.05) is 0 Å². The topological polar surface area (TPSA) is 26.3 Å². The molecular weight excluding hydrogens is 248 g/mol. The fraction of sp³-hybridized carbons (Fsp3) is 0.833. The van der Waals surface area contributed by atoms with Crippen molar-refractivity contribution in [3.05, 3.63) is 12.2 Å². The Kier molecular flexibility index (Phi) is 7.50. The summed E-state index contributed by atoms with van der Waals surface area (Å²) in [5.74, 6) is 0.557. The molecule has 0 aromatic heterocycles. The third kappa shape index (κ3) is 5.05. The zero-order valence-electron chi connectivity index (χ0n) is 13.6. The molecule has 0 aromatic carbocycles. The Hall–Kier alpha value is -0.630. The zero-order valence-corrected chi connectivity index (χ0v) is 13.6. The summed E-state index contributed by atoms with van der Waals surface area (Å²) in [4.78, 5) is 11.6. The minimum Gasteiger partial charge on any atom is -0.374 e. The third-order valence-electron chi connectivity index (χ3n) is 5.01. The molecule has 1 aliphatic heterocycles. The Balaban J connectivity index is 2.45. The van der Waals surface area contributed by atoms with Crippen molar-refractivity contribution in [1.82, 2.24) is 0 Å². The lowest BCUT2D eigenvalue weighted by atomic mass is 9.76. The Morgan fingerprint density at radius 1 is 1.35 bits per heavy atom. The molecule has 2 nitrogen and oxygen atoms in total. The lowest BCUT2D eigenvalue weighted by Crippen LogP contribution is -2.29. The summed E-state index contributed by atoms with van der Waals surface area (Å²) < 4.78 is 5.86. The van der Waals surface area contributed by atoms with Crippen molar-refractivity contribution in [2.24, 2.45) is 11.3 Å². The van der Waals surface area contributed by atoms with E-state index in [-0.39, 0.29) is 5.41 Å². The van der Waals surface area contributed by atoms with E-state index in [0.29, 0.717) is 18.6 Å². The van der Waals surface area contributed by atoms with Crippen LogP contribution in [0.4, 0.5) is 0 Å². The van der Waals surface area contributed by atoms with E-state index in [4.69, 9.17) is 4.74 Å². The summed E-state index contributed by atoms with van der Waals surface area (Å²) >= 11 is 0. The van der Waals surface area contributed by atoms with Crippen molar-refractivity contribution in [3.8, 4) is 0 Å². The molecule has 1 saturated heterocycles. The van der Waals surface area contributed by atoms with Crippen LogP contribution in [0.2, 0.25) is 0 Å². The molecule has 0 bridgehead atoms. The van der Waals surface area contributed by atoms with Gasteiger partial charge in [0.2, 0.25) is 0 Å². The molecule has 1 unspecified atom stereocenters. The van der Waals surface area contributed by atoms with E-state index in [9.17, 15) is 4.79 Å². The SMILES string of the molecule is C=C1CO[C@@H](CCC(C=O)(CC)CCCCC)C[C@H]1C. The van der Waals surface area contributed by atoms with E-state index in [1.54, 1.807) is 0 Å². The van der Waals surface area contributed by atoms with Crippen LogP contribution in [-0.4, -0.2) is 19.0 Å². The lowest BCUT2D eigenvalue weighted by molar-refractivity contribution is -0.117. The largest absolute Gasteiger partial charge is 0.374 e. The molecule has 3 atom stereocenters. The molecule has 0 aromatic rings. The number of hydrogen-bond acceptors (Lipinski definition) is 2. The van der Waals surface area contributed by atoms with Gasteiger partial charge in [0.25, 0.3) is 0 Å². The molecule has 0 saturated carbocycles. The van der Waals surface area contributed by atoms with Gasteiger partial charge in [-0.25, -0.2) is 0 Å². The number of carbonyl (C=O) groups excluding carboxylic acids is 1. The van der Waals surface area contributed by atoms with Gasteiger partial charge < -0.3 is 9.53 Å². The van der Waals surface area contributed by atoms with E-state index >= 15 is 0 Å². The third-order valence-corrected chi connectivity index (χ3v) is 5.01. The highest BCUT2D eigenvalue weighted by Gasteiger charge is 2.30. The number of rotatable bonds is 9. The molecule has 0 amide bonds. The molecule has 0 spiro atoms. The average Bonchev–Trinajstić information content (AvgIpc) is 2.46. The van der Waals surface area contributed by atoms with Crippen molar-refractivity contribution in [2.45, 2.75) is 78.2 Å². The quantitative estimate of drug-likeness (QED) is 0.340. The Morgan fingerprint density at radius 2 is 2.10 bits per heavy atom. The van der Waals surface area contributed by atoms with Gasteiger partial charge in [0.05, 0.1) is 12.7 Å². The van der Waals surface area contributed by atoms with Crippen LogP contribution in [0, 0.1) is 11.3 Å². The molecule has 0 N–H and O–H groups in total. The molecule has 20 heavy (non-hydrogen) atoms. The van der Waals surface area contributed by atoms with E-state index in [2.05, 4.69) is 27.4 Å². The molecule has 1 aliphatic rings. The van der Waals surface area contributed by atoms with Crippen LogP contribution >= 0.6 is 0 Å². The second kappa shape index (κ2) is 8.61. The monoisotopic (exact) mass is 280 g/mol. The molecule has 0 radical (unpaired) electrons.